The first-order chi connectivity index (χ1) is 14.9. The molecule has 4 aromatic rings. The molecule has 31 heavy (non-hydrogen) atoms. The number of rotatable bonds is 6. The van der Waals surface area contributed by atoms with Gasteiger partial charge in [-0.15, -0.1) is 0 Å². The van der Waals surface area contributed by atoms with Gasteiger partial charge in [0.25, 0.3) is 0 Å². The van der Waals surface area contributed by atoms with Crippen molar-refractivity contribution < 1.29 is 22.6 Å². The molecule has 0 saturated heterocycles. The average Bonchev–Trinajstić information content (AvgIpc) is 2.75. The van der Waals surface area contributed by atoms with Crippen molar-refractivity contribution in [2.45, 2.75) is 19.5 Å². The van der Waals surface area contributed by atoms with E-state index in [9.17, 15) is 13.2 Å². The van der Waals surface area contributed by atoms with Crippen LogP contribution in [0.15, 0.2) is 73.1 Å². The number of hydrogen-bond donors (Lipinski definition) is 0. The van der Waals surface area contributed by atoms with Crippen molar-refractivity contribution in [3.63, 3.8) is 0 Å². The van der Waals surface area contributed by atoms with E-state index in [1.54, 1.807) is 12.1 Å². The molecule has 0 fully saturated rings. The molecule has 0 aliphatic heterocycles. The maximum Gasteiger partial charge on any atom is 0.416 e. The lowest BCUT2D eigenvalue weighted by atomic mass is 10.1. The minimum Gasteiger partial charge on any atom is -0.477 e. The molecule has 0 unspecified atom stereocenters. The van der Waals surface area contributed by atoms with Crippen molar-refractivity contribution in [1.29, 1.82) is 0 Å². The third kappa shape index (κ3) is 4.94. The van der Waals surface area contributed by atoms with Gasteiger partial charge in [-0.25, -0.2) is 9.97 Å². The minimum absolute atomic E-state index is 0.343. The number of halogens is 3. The molecule has 4 rings (SSSR count). The predicted octanol–water partition coefficient (Wildman–Crippen LogP) is 6.37. The summed E-state index contributed by atoms with van der Waals surface area (Å²) >= 11 is 0. The van der Waals surface area contributed by atoms with Gasteiger partial charge in [-0.05, 0) is 60.5 Å². The van der Waals surface area contributed by atoms with Crippen LogP contribution < -0.4 is 9.47 Å². The standard InChI is InChI=1S/C24H19F3N2O2/c1-16-3-2-4-21-22(16)23(29-15-28-21)30-14-13-17-5-9-19(10-6-17)31-20-11-7-18(8-12-20)24(25,26)27/h2-12,15H,13-14H2,1H3. The van der Waals surface area contributed by atoms with Crippen LogP contribution in [0.5, 0.6) is 17.4 Å². The van der Waals surface area contributed by atoms with Crippen molar-refractivity contribution in [3.05, 3.63) is 89.7 Å². The SMILES string of the molecule is Cc1cccc2ncnc(OCCc3ccc(Oc4ccc(C(F)(F)F)cc4)cc3)c12. The Morgan fingerprint density at radius 3 is 2.19 bits per heavy atom. The van der Waals surface area contributed by atoms with Gasteiger partial charge in [0.1, 0.15) is 17.8 Å². The van der Waals surface area contributed by atoms with E-state index in [1.807, 2.05) is 37.3 Å². The molecule has 0 amide bonds. The maximum atomic E-state index is 12.6. The fourth-order valence-corrected chi connectivity index (χ4v) is 3.19. The maximum absolute atomic E-state index is 12.6. The van der Waals surface area contributed by atoms with Crippen LogP contribution in [-0.4, -0.2) is 16.6 Å². The third-order valence-corrected chi connectivity index (χ3v) is 4.81. The van der Waals surface area contributed by atoms with E-state index in [0.717, 1.165) is 34.2 Å². The third-order valence-electron chi connectivity index (χ3n) is 4.81. The summed E-state index contributed by atoms with van der Waals surface area (Å²) in [5.74, 6) is 1.45. The van der Waals surface area contributed by atoms with Gasteiger partial charge >= 0.3 is 6.18 Å². The molecule has 0 aliphatic rings. The van der Waals surface area contributed by atoms with Gasteiger partial charge in [-0.1, -0.05) is 24.3 Å². The van der Waals surface area contributed by atoms with Crippen molar-refractivity contribution in [2.75, 3.05) is 6.61 Å². The first kappa shape index (κ1) is 20.7. The summed E-state index contributed by atoms with van der Waals surface area (Å²) in [6.45, 7) is 2.44. The Morgan fingerprint density at radius 1 is 0.839 bits per heavy atom. The number of nitrogens with zero attached hydrogens (tertiary/aromatic N) is 2. The molecule has 0 saturated carbocycles. The van der Waals surface area contributed by atoms with Crippen LogP contribution in [0.25, 0.3) is 10.9 Å². The second-order valence-corrected chi connectivity index (χ2v) is 7.01. The van der Waals surface area contributed by atoms with Gasteiger partial charge < -0.3 is 9.47 Å². The van der Waals surface area contributed by atoms with Crippen molar-refractivity contribution >= 4 is 10.9 Å². The van der Waals surface area contributed by atoms with Gasteiger partial charge in [0.2, 0.25) is 5.88 Å². The zero-order valence-corrected chi connectivity index (χ0v) is 16.7. The largest absolute Gasteiger partial charge is 0.477 e. The lowest BCUT2D eigenvalue weighted by Gasteiger charge is -2.11. The normalized spacial score (nSPS) is 11.5. The molecule has 1 heterocycles. The highest BCUT2D eigenvalue weighted by Gasteiger charge is 2.30. The average molecular weight is 424 g/mol. The highest BCUT2D eigenvalue weighted by molar-refractivity contribution is 5.86. The lowest BCUT2D eigenvalue weighted by Crippen LogP contribution is -2.04. The Balaban J connectivity index is 1.35. The minimum atomic E-state index is -4.36. The molecule has 4 nitrogen and oxygen atoms in total. The second-order valence-electron chi connectivity index (χ2n) is 7.01. The van der Waals surface area contributed by atoms with Crippen LogP contribution in [0.1, 0.15) is 16.7 Å². The van der Waals surface area contributed by atoms with E-state index >= 15 is 0 Å². The number of aromatic nitrogens is 2. The Labute approximate surface area is 177 Å². The first-order valence-electron chi connectivity index (χ1n) is 9.67. The van der Waals surface area contributed by atoms with E-state index in [-0.39, 0.29) is 0 Å². The van der Waals surface area contributed by atoms with Gasteiger partial charge in [0.05, 0.1) is 23.1 Å². The topological polar surface area (TPSA) is 44.2 Å². The van der Waals surface area contributed by atoms with Crippen molar-refractivity contribution in [1.82, 2.24) is 9.97 Å². The summed E-state index contributed by atoms with van der Waals surface area (Å²) in [5.41, 5.74) is 2.23. The van der Waals surface area contributed by atoms with E-state index < -0.39 is 11.7 Å². The molecule has 0 atom stereocenters. The van der Waals surface area contributed by atoms with Gasteiger partial charge in [-0.3, -0.25) is 0 Å². The van der Waals surface area contributed by atoms with Crippen molar-refractivity contribution in [2.24, 2.45) is 0 Å². The van der Waals surface area contributed by atoms with Gasteiger partial charge in [-0.2, -0.15) is 13.2 Å². The second kappa shape index (κ2) is 8.63. The van der Waals surface area contributed by atoms with E-state index in [1.165, 1.54) is 18.5 Å². The summed E-state index contributed by atoms with van der Waals surface area (Å²) < 4.78 is 49.4. The summed E-state index contributed by atoms with van der Waals surface area (Å²) in [4.78, 5) is 8.53. The Morgan fingerprint density at radius 2 is 1.52 bits per heavy atom. The molecule has 7 heteroatoms. The zero-order chi connectivity index (χ0) is 21.8. The fraction of sp³-hybridized carbons (Fsp3) is 0.167. The van der Waals surface area contributed by atoms with E-state index in [0.29, 0.717) is 30.4 Å². The molecule has 0 aliphatic carbocycles. The summed E-state index contributed by atoms with van der Waals surface area (Å²) in [7, 11) is 0. The van der Waals surface area contributed by atoms with E-state index in [2.05, 4.69) is 9.97 Å². The van der Waals surface area contributed by atoms with Gasteiger partial charge in [0, 0.05) is 6.42 Å². The Bertz CT molecular complexity index is 1170. The molecule has 0 spiro atoms. The molecular formula is C24H19F3N2O2. The van der Waals surface area contributed by atoms with Crippen LogP contribution in [0, 0.1) is 6.92 Å². The van der Waals surface area contributed by atoms with Gasteiger partial charge in [0.15, 0.2) is 0 Å². The number of benzene rings is 3. The highest BCUT2D eigenvalue weighted by atomic mass is 19.4. The Hall–Kier alpha value is -3.61. The van der Waals surface area contributed by atoms with Crippen LogP contribution in [0.3, 0.4) is 0 Å². The molecule has 0 N–H and O–H groups in total. The fourth-order valence-electron chi connectivity index (χ4n) is 3.19. The number of fused-ring (bicyclic) bond motifs is 1. The molecule has 158 valence electrons. The lowest BCUT2D eigenvalue weighted by molar-refractivity contribution is -0.137. The number of ether oxygens (including phenoxy) is 2. The van der Waals surface area contributed by atoms with E-state index in [4.69, 9.17) is 9.47 Å². The summed E-state index contributed by atoms with van der Waals surface area (Å²) in [5, 5.41) is 0.908. The molecule has 3 aromatic carbocycles. The Kier molecular flexibility index (Phi) is 5.75. The van der Waals surface area contributed by atoms with Crippen LogP contribution in [0.2, 0.25) is 0 Å². The number of hydrogen-bond acceptors (Lipinski definition) is 4. The summed E-state index contributed by atoms with van der Waals surface area (Å²) in [6.07, 6.45) is -2.21. The predicted molar refractivity (Wildman–Crippen MR) is 111 cm³/mol. The zero-order valence-electron chi connectivity index (χ0n) is 16.7. The van der Waals surface area contributed by atoms with Crippen LogP contribution in [-0.2, 0) is 12.6 Å². The smallest absolute Gasteiger partial charge is 0.416 e. The first-order valence-corrected chi connectivity index (χ1v) is 9.67. The molecule has 0 bridgehead atoms. The number of alkyl halides is 3. The molecule has 0 radical (unpaired) electrons. The van der Waals surface area contributed by atoms with Crippen LogP contribution in [0.4, 0.5) is 13.2 Å². The molecule has 1 aromatic heterocycles. The monoisotopic (exact) mass is 424 g/mol. The summed E-state index contributed by atoms with van der Waals surface area (Å²) in [6, 6.07) is 17.8. The highest BCUT2D eigenvalue weighted by Crippen LogP contribution is 2.31. The molecular weight excluding hydrogens is 405 g/mol. The van der Waals surface area contributed by atoms with Crippen LogP contribution >= 0.6 is 0 Å². The quantitative estimate of drug-likeness (QED) is 0.361. The number of aryl methyl sites for hydroxylation is 1. The van der Waals surface area contributed by atoms with Crippen molar-refractivity contribution in [3.8, 4) is 17.4 Å².